The van der Waals surface area contributed by atoms with E-state index < -0.39 is 0 Å². The number of nitrogens with zero attached hydrogens (tertiary/aromatic N) is 2. The van der Waals surface area contributed by atoms with Crippen LogP contribution in [0.3, 0.4) is 0 Å². The average molecular weight is 627 g/mol. The minimum absolute atomic E-state index is 0.883. The molecule has 0 saturated carbocycles. The number of fused-ring (bicyclic) bond motifs is 8. The van der Waals surface area contributed by atoms with Gasteiger partial charge in [-0.2, -0.15) is 0 Å². The highest BCUT2D eigenvalue weighted by atomic mass is 16.3. The Labute approximate surface area is 283 Å². The Kier molecular flexibility index (Phi) is 6.18. The largest absolute Gasteiger partial charge is 0.456 e. The maximum Gasteiger partial charge on any atom is 0.135 e. The van der Waals surface area contributed by atoms with Crippen molar-refractivity contribution in [3.05, 3.63) is 182 Å². The fourth-order valence-electron chi connectivity index (χ4n) is 7.58. The zero-order valence-corrected chi connectivity index (χ0v) is 26.6. The average Bonchev–Trinajstić information content (AvgIpc) is 3.72. The van der Waals surface area contributed by atoms with E-state index in [9.17, 15) is 0 Å². The minimum atomic E-state index is 0.883. The van der Waals surface area contributed by atoms with Gasteiger partial charge in [0.1, 0.15) is 11.2 Å². The van der Waals surface area contributed by atoms with Crippen LogP contribution < -0.4 is 4.90 Å². The van der Waals surface area contributed by atoms with Gasteiger partial charge in [-0.3, -0.25) is 0 Å². The van der Waals surface area contributed by atoms with E-state index in [-0.39, 0.29) is 0 Å². The molecule has 0 amide bonds. The summed E-state index contributed by atoms with van der Waals surface area (Å²) in [6, 6.07) is 65.0. The summed E-state index contributed by atoms with van der Waals surface area (Å²) in [6.07, 6.45) is 0. The van der Waals surface area contributed by atoms with Crippen LogP contribution >= 0.6 is 0 Å². The SMILES string of the molecule is c1ccc(-c2cccc(N(c3ccc4oc5ccccc5c4c3)c3cccc4c3c3ccc5ccccc5c3n4-c3ccccc3)c2)cc1. The first-order valence-corrected chi connectivity index (χ1v) is 16.7. The smallest absolute Gasteiger partial charge is 0.135 e. The molecule has 10 aromatic rings. The predicted molar refractivity (Wildman–Crippen MR) is 206 cm³/mol. The molecule has 2 aromatic heterocycles. The molecule has 8 aromatic carbocycles. The molecule has 0 unspecified atom stereocenters. The standard InChI is InChI=1S/C46H30N2O/c1-3-13-31(14-4-1)33-16-11-19-35(29-33)47(36-26-28-44-40(30-36)38-21-9-10-24-43(38)49-44)41-22-12-23-42-45(41)39-27-25-32-15-7-8-20-37(32)46(39)48(42)34-17-5-2-6-18-34/h1-30H. The summed E-state index contributed by atoms with van der Waals surface area (Å²) in [4.78, 5) is 2.42. The summed E-state index contributed by atoms with van der Waals surface area (Å²) < 4.78 is 8.71. The van der Waals surface area contributed by atoms with Crippen molar-refractivity contribution in [3.63, 3.8) is 0 Å². The minimum Gasteiger partial charge on any atom is -0.456 e. The molecule has 3 nitrogen and oxygen atoms in total. The molecule has 0 radical (unpaired) electrons. The van der Waals surface area contributed by atoms with Gasteiger partial charge >= 0.3 is 0 Å². The van der Waals surface area contributed by atoms with E-state index in [0.717, 1.165) is 50.2 Å². The maximum absolute atomic E-state index is 6.27. The molecule has 0 spiro atoms. The highest BCUT2D eigenvalue weighted by Crippen LogP contribution is 2.46. The van der Waals surface area contributed by atoms with Gasteiger partial charge < -0.3 is 13.9 Å². The number of rotatable bonds is 5. The highest BCUT2D eigenvalue weighted by Gasteiger charge is 2.23. The van der Waals surface area contributed by atoms with E-state index >= 15 is 0 Å². The van der Waals surface area contributed by atoms with E-state index in [1.807, 2.05) is 12.1 Å². The molecule has 3 heteroatoms. The normalized spacial score (nSPS) is 11.7. The van der Waals surface area contributed by atoms with E-state index in [2.05, 4.69) is 179 Å². The van der Waals surface area contributed by atoms with Crippen LogP contribution in [0.4, 0.5) is 17.1 Å². The molecule has 0 saturated heterocycles. The quantitative estimate of drug-likeness (QED) is 0.190. The molecule has 0 bridgehead atoms. The lowest BCUT2D eigenvalue weighted by Crippen LogP contribution is -2.10. The summed E-state index contributed by atoms with van der Waals surface area (Å²) in [7, 11) is 0. The second kappa shape index (κ2) is 11.0. The fourth-order valence-corrected chi connectivity index (χ4v) is 7.58. The van der Waals surface area contributed by atoms with Crippen molar-refractivity contribution in [2.24, 2.45) is 0 Å². The van der Waals surface area contributed by atoms with Crippen LogP contribution in [0.1, 0.15) is 0 Å². The Morgan fingerprint density at radius 1 is 0.429 bits per heavy atom. The van der Waals surface area contributed by atoms with Crippen LogP contribution in [0.2, 0.25) is 0 Å². The van der Waals surface area contributed by atoms with E-state index in [1.165, 1.54) is 38.2 Å². The number of aromatic nitrogens is 1. The lowest BCUT2D eigenvalue weighted by atomic mass is 10.0. The van der Waals surface area contributed by atoms with Gasteiger partial charge in [-0.15, -0.1) is 0 Å². The first-order valence-electron chi connectivity index (χ1n) is 16.7. The maximum atomic E-state index is 6.27. The summed E-state index contributed by atoms with van der Waals surface area (Å²) in [6.45, 7) is 0. The van der Waals surface area contributed by atoms with E-state index in [4.69, 9.17) is 4.42 Å². The van der Waals surface area contributed by atoms with Crippen LogP contribution in [0.25, 0.3) is 71.3 Å². The van der Waals surface area contributed by atoms with Crippen LogP contribution in [0.5, 0.6) is 0 Å². The molecule has 49 heavy (non-hydrogen) atoms. The van der Waals surface area contributed by atoms with Gasteiger partial charge in [0, 0.05) is 44.0 Å². The van der Waals surface area contributed by atoms with Gasteiger partial charge in [0.05, 0.1) is 16.7 Å². The Balaban J connectivity index is 1.31. The molecule has 0 aliphatic carbocycles. The van der Waals surface area contributed by atoms with Gasteiger partial charge in [-0.25, -0.2) is 0 Å². The van der Waals surface area contributed by atoms with Crippen molar-refractivity contribution in [2.75, 3.05) is 4.90 Å². The van der Waals surface area contributed by atoms with E-state index in [0.29, 0.717) is 0 Å². The molecule has 0 N–H and O–H groups in total. The summed E-state index contributed by atoms with van der Waals surface area (Å²) in [5, 5.41) is 7.09. The summed E-state index contributed by atoms with van der Waals surface area (Å²) >= 11 is 0. The molecular formula is C46H30N2O. The Hall–Kier alpha value is -6.58. The second-order valence-corrected chi connectivity index (χ2v) is 12.6. The van der Waals surface area contributed by atoms with Gasteiger partial charge in [-0.05, 0) is 77.2 Å². The predicted octanol–water partition coefficient (Wildman–Crippen LogP) is 13.0. The van der Waals surface area contributed by atoms with Gasteiger partial charge in [0.2, 0.25) is 0 Å². The summed E-state index contributed by atoms with van der Waals surface area (Å²) in [5.74, 6) is 0. The Morgan fingerprint density at radius 2 is 1.12 bits per heavy atom. The molecule has 0 atom stereocenters. The van der Waals surface area contributed by atoms with Crippen LogP contribution in [0.15, 0.2) is 186 Å². The molecule has 0 aliphatic rings. The first-order chi connectivity index (χ1) is 24.3. The second-order valence-electron chi connectivity index (χ2n) is 12.6. The number of hydrogen-bond donors (Lipinski definition) is 0. The van der Waals surface area contributed by atoms with Gasteiger partial charge in [-0.1, -0.05) is 121 Å². The molecule has 2 heterocycles. The van der Waals surface area contributed by atoms with Crippen molar-refractivity contribution in [2.45, 2.75) is 0 Å². The lowest BCUT2D eigenvalue weighted by Gasteiger charge is -2.27. The van der Waals surface area contributed by atoms with Crippen molar-refractivity contribution in [3.8, 4) is 16.8 Å². The van der Waals surface area contributed by atoms with E-state index in [1.54, 1.807) is 0 Å². The zero-order chi connectivity index (χ0) is 32.3. The number of anilines is 3. The van der Waals surface area contributed by atoms with Crippen molar-refractivity contribution in [1.82, 2.24) is 4.57 Å². The highest BCUT2D eigenvalue weighted by molar-refractivity contribution is 6.23. The van der Waals surface area contributed by atoms with Crippen LogP contribution in [0, 0.1) is 0 Å². The number of benzene rings is 8. The molecular weight excluding hydrogens is 597 g/mol. The van der Waals surface area contributed by atoms with Crippen molar-refractivity contribution in [1.29, 1.82) is 0 Å². The molecule has 10 rings (SSSR count). The third kappa shape index (κ3) is 4.37. The zero-order valence-electron chi connectivity index (χ0n) is 26.6. The third-order valence-electron chi connectivity index (χ3n) is 9.74. The monoisotopic (exact) mass is 626 g/mol. The molecule has 0 aliphatic heterocycles. The van der Waals surface area contributed by atoms with Crippen molar-refractivity contribution >= 4 is 71.6 Å². The number of hydrogen-bond acceptors (Lipinski definition) is 2. The van der Waals surface area contributed by atoms with Gasteiger partial charge in [0.15, 0.2) is 0 Å². The Morgan fingerprint density at radius 3 is 2.00 bits per heavy atom. The first kappa shape index (κ1) is 27.5. The lowest BCUT2D eigenvalue weighted by molar-refractivity contribution is 0.669. The number of para-hydroxylation sites is 2. The van der Waals surface area contributed by atoms with Crippen LogP contribution in [-0.2, 0) is 0 Å². The molecule has 230 valence electrons. The third-order valence-corrected chi connectivity index (χ3v) is 9.74. The van der Waals surface area contributed by atoms with Crippen LogP contribution in [-0.4, -0.2) is 4.57 Å². The fraction of sp³-hybridized carbons (Fsp3) is 0. The topological polar surface area (TPSA) is 21.3 Å². The summed E-state index contributed by atoms with van der Waals surface area (Å²) in [5.41, 5.74) is 10.9. The van der Waals surface area contributed by atoms with Gasteiger partial charge in [0.25, 0.3) is 0 Å². The number of furan rings is 1. The van der Waals surface area contributed by atoms with Crippen molar-refractivity contribution < 1.29 is 4.42 Å². The molecule has 0 fully saturated rings. The Bertz CT molecular complexity index is 2830.